The first-order chi connectivity index (χ1) is 11.1. The summed E-state index contributed by atoms with van der Waals surface area (Å²) in [6.45, 7) is 1.67. The van der Waals surface area contributed by atoms with Crippen LogP contribution in [0.2, 0.25) is 0 Å². The van der Waals surface area contributed by atoms with E-state index in [4.69, 9.17) is 5.73 Å². The van der Waals surface area contributed by atoms with Crippen LogP contribution in [0.15, 0.2) is 54.6 Å². The number of amides is 1. The van der Waals surface area contributed by atoms with Gasteiger partial charge in [-0.2, -0.15) is 0 Å². The van der Waals surface area contributed by atoms with Crippen LogP contribution in [0.5, 0.6) is 0 Å². The van der Waals surface area contributed by atoms with E-state index in [9.17, 15) is 4.79 Å². The van der Waals surface area contributed by atoms with Gasteiger partial charge in [0.1, 0.15) is 0 Å². The van der Waals surface area contributed by atoms with Crippen LogP contribution in [0.25, 0.3) is 0 Å². The fraction of sp³-hybridized carbons (Fsp3) is 0.316. The van der Waals surface area contributed by atoms with E-state index in [1.54, 1.807) is 0 Å². The van der Waals surface area contributed by atoms with Crippen LogP contribution in [0, 0.1) is 0 Å². The lowest BCUT2D eigenvalue weighted by Gasteiger charge is -2.17. The van der Waals surface area contributed by atoms with Crippen LogP contribution in [0.3, 0.4) is 0 Å². The Hall–Kier alpha value is -2.17. The minimum Gasteiger partial charge on any atom is -0.351 e. The molecule has 2 aromatic carbocycles. The Balaban J connectivity index is 2.04. The number of nitrogens with two attached hydrogens (primary N) is 1. The lowest BCUT2D eigenvalue weighted by atomic mass is 9.98. The van der Waals surface area contributed by atoms with Gasteiger partial charge in [0.25, 0.3) is 0 Å². The SMILES string of the molecule is CN(C)Cc1ccccc1CNC(=O)C(CN)c1ccccc1. The molecule has 2 rings (SSSR count). The molecule has 1 atom stereocenters. The van der Waals surface area contributed by atoms with Crippen molar-refractivity contribution in [3.05, 3.63) is 71.3 Å². The third kappa shape index (κ3) is 4.91. The summed E-state index contributed by atoms with van der Waals surface area (Å²) in [6.07, 6.45) is 0. The summed E-state index contributed by atoms with van der Waals surface area (Å²) in [7, 11) is 4.07. The zero-order valence-electron chi connectivity index (χ0n) is 13.8. The third-order valence-electron chi connectivity index (χ3n) is 3.81. The molecule has 0 bridgehead atoms. The minimum absolute atomic E-state index is 0.0293. The van der Waals surface area contributed by atoms with E-state index in [1.807, 2.05) is 56.6 Å². The molecule has 0 heterocycles. The van der Waals surface area contributed by atoms with Crippen LogP contribution in [0.1, 0.15) is 22.6 Å². The molecule has 0 aliphatic rings. The number of carbonyl (C=O) groups excluding carboxylic acids is 1. The molecule has 1 unspecified atom stereocenters. The number of nitrogens with one attached hydrogen (secondary N) is 1. The summed E-state index contributed by atoms with van der Waals surface area (Å²) in [5.74, 6) is -0.337. The number of carbonyl (C=O) groups is 1. The van der Waals surface area contributed by atoms with Crippen molar-refractivity contribution in [1.82, 2.24) is 10.2 Å². The molecule has 0 fully saturated rings. The monoisotopic (exact) mass is 311 g/mol. The topological polar surface area (TPSA) is 58.4 Å². The predicted molar refractivity (Wildman–Crippen MR) is 93.9 cm³/mol. The van der Waals surface area contributed by atoms with Gasteiger partial charge in [0, 0.05) is 19.6 Å². The number of rotatable bonds is 7. The Labute approximate surface area is 138 Å². The average molecular weight is 311 g/mol. The molecular formula is C19H25N3O. The molecule has 0 saturated carbocycles. The highest BCUT2D eigenvalue weighted by Gasteiger charge is 2.18. The maximum atomic E-state index is 12.5. The van der Waals surface area contributed by atoms with Gasteiger partial charge in [-0.25, -0.2) is 0 Å². The van der Waals surface area contributed by atoms with E-state index in [2.05, 4.69) is 22.3 Å². The Bertz CT molecular complexity index is 626. The first-order valence-electron chi connectivity index (χ1n) is 7.86. The molecule has 0 radical (unpaired) electrons. The fourth-order valence-electron chi connectivity index (χ4n) is 2.61. The van der Waals surface area contributed by atoms with Gasteiger partial charge >= 0.3 is 0 Å². The Morgan fingerprint density at radius 1 is 1.04 bits per heavy atom. The van der Waals surface area contributed by atoms with E-state index in [0.717, 1.165) is 17.7 Å². The van der Waals surface area contributed by atoms with Crippen molar-refractivity contribution in [2.75, 3.05) is 20.6 Å². The van der Waals surface area contributed by atoms with Crippen molar-refractivity contribution in [3.63, 3.8) is 0 Å². The molecular weight excluding hydrogens is 286 g/mol. The van der Waals surface area contributed by atoms with Crippen molar-refractivity contribution in [2.24, 2.45) is 5.73 Å². The van der Waals surface area contributed by atoms with E-state index < -0.39 is 0 Å². The van der Waals surface area contributed by atoms with Gasteiger partial charge in [-0.3, -0.25) is 4.79 Å². The second-order valence-corrected chi connectivity index (χ2v) is 5.92. The normalized spacial score (nSPS) is 12.2. The largest absolute Gasteiger partial charge is 0.351 e. The standard InChI is InChI=1S/C19H25N3O/c1-22(2)14-17-11-7-6-10-16(17)13-21-19(23)18(12-20)15-8-4-3-5-9-15/h3-11,18H,12-14,20H2,1-2H3,(H,21,23). The van der Waals surface area contributed by atoms with E-state index in [0.29, 0.717) is 13.1 Å². The fourth-order valence-corrected chi connectivity index (χ4v) is 2.61. The molecule has 122 valence electrons. The first-order valence-corrected chi connectivity index (χ1v) is 7.86. The quantitative estimate of drug-likeness (QED) is 0.823. The third-order valence-corrected chi connectivity index (χ3v) is 3.81. The van der Waals surface area contributed by atoms with Crippen LogP contribution < -0.4 is 11.1 Å². The van der Waals surface area contributed by atoms with Gasteiger partial charge in [0.2, 0.25) is 5.91 Å². The zero-order chi connectivity index (χ0) is 16.7. The molecule has 0 spiro atoms. The van der Waals surface area contributed by atoms with Crippen molar-refractivity contribution in [3.8, 4) is 0 Å². The second-order valence-electron chi connectivity index (χ2n) is 5.92. The highest BCUT2D eigenvalue weighted by molar-refractivity contribution is 5.83. The summed E-state index contributed by atoms with van der Waals surface area (Å²) in [5.41, 5.74) is 9.12. The van der Waals surface area contributed by atoms with E-state index in [1.165, 1.54) is 5.56 Å². The van der Waals surface area contributed by atoms with Crippen molar-refractivity contribution >= 4 is 5.91 Å². The number of hydrogen-bond donors (Lipinski definition) is 2. The Morgan fingerprint density at radius 3 is 2.26 bits per heavy atom. The van der Waals surface area contributed by atoms with Crippen LogP contribution >= 0.6 is 0 Å². The molecule has 4 nitrogen and oxygen atoms in total. The molecule has 0 aromatic heterocycles. The smallest absolute Gasteiger partial charge is 0.229 e. The highest BCUT2D eigenvalue weighted by Crippen LogP contribution is 2.15. The minimum atomic E-state index is -0.308. The predicted octanol–water partition coefficient (Wildman–Crippen LogP) is 2.11. The van der Waals surface area contributed by atoms with Crippen LogP contribution in [0.4, 0.5) is 0 Å². The summed E-state index contributed by atoms with van der Waals surface area (Å²) in [6, 6.07) is 17.9. The lowest BCUT2D eigenvalue weighted by Crippen LogP contribution is -2.33. The Kier molecular flexibility index (Phi) is 6.32. The van der Waals surface area contributed by atoms with Gasteiger partial charge in [-0.05, 0) is 30.8 Å². The van der Waals surface area contributed by atoms with Gasteiger partial charge in [-0.15, -0.1) is 0 Å². The van der Waals surface area contributed by atoms with Gasteiger partial charge in [-0.1, -0.05) is 54.6 Å². The zero-order valence-corrected chi connectivity index (χ0v) is 13.8. The maximum Gasteiger partial charge on any atom is 0.229 e. The summed E-state index contributed by atoms with van der Waals surface area (Å²) in [4.78, 5) is 14.6. The van der Waals surface area contributed by atoms with E-state index >= 15 is 0 Å². The van der Waals surface area contributed by atoms with Crippen molar-refractivity contribution < 1.29 is 4.79 Å². The molecule has 1 amide bonds. The second kappa shape index (κ2) is 8.46. The summed E-state index contributed by atoms with van der Waals surface area (Å²) >= 11 is 0. The maximum absolute atomic E-state index is 12.5. The van der Waals surface area contributed by atoms with Gasteiger partial charge in [0.05, 0.1) is 5.92 Å². The molecule has 4 heteroatoms. The van der Waals surface area contributed by atoms with Crippen molar-refractivity contribution in [2.45, 2.75) is 19.0 Å². The first kappa shape index (κ1) is 17.2. The molecule has 3 N–H and O–H groups in total. The molecule has 0 aliphatic carbocycles. The van der Waals surface area contributed by atoms with Crippen LogP contribution in [-0.4, -0.2) is 31.4 Å². The van der Waals surface area contributed by atoms with E-state index in [-0.39, 0.29) is 11.8 Å². The number of nitrogens with zero attached hydrogens (tertiary/aromatic N) is 1. The van der Waals surface area contributed by atoms with Crippen LogP contribution in [-0.2, 0) is 17.9 Å². The lowest BCUT2D eigenvalue weighted by molar-refractivity contribution is -0.122. The molecule has 0 saturated heterocycles. The average Bonchev–Trinajstić information content (AvgIpc) is 2.55. The molecule has 0 aliphatic heterocycles. The summed E-state index contributed by atoms with van der Waals surface area (Å²) < 4.78 is 0. The Morgan fingerprint density at radius 2 is 1.65 bits per heavy atom. The molecule has 2 aromatic rings. The van der Waals surface area contributed by atoms with Gasteiger partial charge < -0.3 is 16.0 Å². The number of hydrogen-bond acceptors (Lipinski definition) is 3. The number of benzene rings is 2. The highest BCUT2D eigenvalue weighted by atomic mass is 16.1. The summed E-state index contributed by atoms with van der Waals surface area (Å²) in [5, 5.41) is 3.02. The molecule has 23 heavy (non-hydrogen) atoms. The van der Waals surface area contributed by atoms with Gasteiger partial charge in [0.15, 0.2) is 0 Å². The van der Waals surface area contributed by atoms with Crippen molar-refractivity contribution in [1.29, 1.82) is 0 Å².